The van der Waals surface area contributed by atoms with Crippen molar-refractivity contribution in [3.8, 4) is 5.75 Å². The van der Waals surface area contributed by atoms with Crippen molar-refractivity contribution in [2.45, 2.75) is 31.2 Å². The van der Waals surface area contributed by atoms with Crippen molar-refractivity contribution < 1.29 is 22.7 Å². The monoisotopic (exact) mass is 486 g/mol. The summed E-state index contributed by atoms with van der Waals surface area (Å²) in [5.74, 6) is 0.810. The molecule has 1 saturated heterocycles. The maximum absolute atomic E-state index is 13.2. The molecule has 34 heavy (non-hydrogen) atoms. The lowest BCUT2D eigenvalue weighted by molar-refractivity contribution is -0.121. The molecule has 2 N–H and O–H groups in total. The maximum Gasteiger partial charge on any atom is 0.246 e. The third kappa shape index (κ3) is 5.08. The Kier molecular flexibility index (Phi) is 7.20. The van der Waals surface area contributed by atoms with E-state index in [1.165, 1.54) is 17.5 Å². The number of nitrogens with zero attached hydrogens (tertiary/aromatic N) is 2. The molecule has 0 radical (unpaired) electrons. The summed E-state index contributed by atoms with van der Waals surface area (Å²) in [6.45, 7) is 5.29. The van der Waals surface area contributed by atoms with E-state index < -0.39 is 10.0 Å². The summed E-state index contributed by atoms with van der Waals surface area (Å²) >= 11 is 0. The first kappa shape index (κ1) is 24.2. The molecule has 9 nitrogen and oxygen atoms in total. The molecular formula is C24H30N4O5S. The minimum atomic E-state index is -3.78. The van der Waals surface area contributed by atoms with Gasteiger partial charge < -0.3 is 19.8 Å². The lowest BCUT2D eigenvalue weighted by Crippen LogP contribution is -2.40. The number of morpholine rings is 1. The number of rotatable bonds is 8. The highest BCUT2D eigenvalue weighted by atomic mass is 32.2. The number of aromatic nitrogens is 2. The lowest BCUT2D eigenvalue weighted by Gasteiger charge is -2.27. The van der Waals surface area contributed by atoms with Gasteiger partial charge in [0.1, 0.15) is 16.5 Å². The summed E-state index contributed by atoms with van der Waals surface area (Å²) < 4.78 is 38.4. The van der Waals surface area contributed by atoms with Crippen molar-refractivity contribution in [3.05, 3.63) is 53.9 Å². The van der Waals surface area contributed by atoms with E-state index in [1.54, 1.807) is 12.1 Å². The minimum absolute atomic E-state index is 0.0269. The number of H-pyrrole nitrogens is 1. The second-order valence-corrected chi connectivity index (χ2v) is 10.5. The van der Waals surface area contributed by atoms with Gasteiger partial charge in [-0.3, -0.25) is 4.79 Å². The van der Waals surface area contributed by atoms with Gasteiger partial charge in [-0.25, -0.2) is 13.4 Å². The third-order valence-corrected chi connectivity index (χ3v) is 7.79. The summed E-state index contributed by atoms with van der Waals surface area (Å²) in [7, 11) is -2.34. The number of hydrogen-bond acceptors (Lipinski definition) is 6. The van der Waals surface area contributed by atoms with Crippen LogP contribution in [0.15, 0.2) is 47.4 Å². The number of aromatic amines is 1. The van der Waals surface area contributed by atoms with E-state index in [-0.39, 0.29) is 48.0 Å². The van der Waals surface area contributed by atoms with Gasteiger partial charge in [0.25, 0.3) is 0 Å². The van der Waals surface area contributed by atoms with Crippen molar-refractivity contribution in [1.82, 2.24) is 19.6 Å². The molecule has 1 atom stereocenters. The Morgan fingerprint density at radius 1 is 1.21 bits per heavy atom. The fourth-order valence-corrected chi connectivity index (χ4v) is 5.65. The first-order valence-corrected chi connectivity index (χ1v) is 12.7. The lowest BCUT2D eigenvalue weighted by atomic mass is 10.0. The van der Waals surface area contributed by atoms with Crippen molar-refractivity contribution in [2.75, 3.05) is 33.4 Å². The quantitative estimate of drug-likeness (QED) is 0.506. The smallest absolute Gasteiger partial charge is 0.246 e. The predicted octanol–water partition coefficient (Wildman–Crippen LogP) is 2.65. The molecule has 1 aromatic heterocycles. The highest BCUT2D eigenvalue weighted by Crippen LogP contribution is 2.29. The van der Waals surface area contributed by atoms with Gasteiger partial charge in [0.15, 0.2) is 0 Å². The first-order valence-electron chi connectivity index (χ1n) is 11.3. The second kappa shape index (κ2) is 10.1. The summed E-state index contributed by atoms with van der Waals surface area (Å²) in [6.07, 6.45) is 0.0269. The number of sulfonamides is 1. The van der Waals surface area contributed by atoms with Crippen LogP contribution >= 0.6 is 0 Å². The minimum Gasteiger partial charge on any atom is -0.495 e. The first-order chi connectivity index (χ1) is 16.3. The number of amides is 1. The maximum atomic E-state index is 13.2. The van der Waals surface area contributed by atoms with Gasteiger partial charge >= 0.3 is 0 Å². The molecule has 3 aromatic rings. The molecule has 1 aliphatic rings. The number of hydrogen-bond donors (Lipinski definition) is 2. The van der Waals surface area contributed by atoms with Crippen LogP contribution in [0.3, 0.4) is 0 Å². The second-order valence-electron chi connectivity index (χ2n) is 8.61. The zero-order chi connectivity index (χ0) is 24.3. The number of imidazole rings is 1. The Morgan fingerprint density at radius 3 is 2.62 bits per heavy atom. The van der Waals surface area contributed by atoms with Crippen LogP contribution in [0.25, 0.3) is 11.0 Å². The molecule has 0 saturated carbocycles. The van der Waals surface area contributed by atoms with E-state index in [1.807, 2.05) is 38.1 Å². The summed E-state index contributed by atoms with van der Waals surface area (Å²) in [4.78, 5) is 21.0. The molecule has 1 aliphatic heterocycles. The number of carbonyl (C=O) groups excluding carboxylic acids is 1. The van der Waals surface area contributed by atoms with Crippen molar-refractivity contribution in [1.29, 1.82) is 0 Å². The van der Waals surface area contributed by atoms with E-state index in [9.17, 15) is 13.2 Å². The van der Waals surface area contributed by atoms with E-state index in [4.69, 9.17) is 9.47 Å². The SMILES string of the molecule is COc1ccc(CC(=O)N[C@@H](c2nc3ccccc3[nH]2)C(C)C)cc1S(=O)(=O)N1CCOCC1. The van der Waals surface area contributed by atoms with Crippen LogP contribution in [0.1, 0.15) is 31.3 Å². The average molecular weight is 487 g/mol. The molecular weight excluding hydrogens is 456 g/mol. The van der Waals surface area contributed by atoms with Crippen LogP contribution in [-0.4, -0.2) is 62.0 Å². The van der Waals surface area contributed by atoms with Crippen LogP contribution < -0.4 is 10.1 Å². The Morgan fingerprint density at radius 2 is 1.94 bits per heavy atom. The number of ether oxygens (including phenoxy) is 2. The molecule has 0 spiro atoms. The summed E-state index contributed by atoms with van der Waals surface area (Å²) in [6, 6.07) is 12.2. The summed E-state index contributed by atoms with van der Waals surface area (Å²) in [5.41, 5.74) is 2.33. The van der Waals surface area contributed by atoms with Gasteiger partial charge in [0, 0.05) is 13.1 Å². The highest BCUT2D eigenvalue weighted by Gasteiger charge is 2.30. The van der Waals surface area contributed by atoms with Crippen LogP contribution in [0.4, 0.5) is 0 Å². The number of methoxy groups -OCH3 is 1. The Balaban J connectivity index is 1.54. The van der Waals surface area contributed by atoms with Gasteiger partial charge in [0.2, 0.25) is 15.9 Å². The number of para-hydroxylation sites is 2. The van der Waals surface area contributed by atoms with Crippen LogP contribution in [0.5, 0.6) is 5.75 Å². The van der Waals surface area contributed by atoms with E-state index in [0.29, 0.717) is 24.6 Å². The normalized spacial score (nSPS) is 16.0. The van der Waals surface area contributed by atoms with Gasteiger partial charge in [-0.2, -0.15) is 4.31 Å². The number of benzene rings is 2. The Hall–Kier alpha value is -2.95. The molecule has 1 amide bonds. The molecule has 182 valence electrons. The molecule has 2 heterocycles. The molecule has 4 rings (SSSR count). The molecule has 2 aromatic carbocycles. The van der Waals surface area contributed by atoms with E-state index >= 15 is 0 Å². The van der Waals surface area contributed by atoms with Crippen molar-refractivity contribution in [2.24, 2.45) is 5.92 Å². The third-order valence-electron chi connectivity index (χ3n) is 5.87. The summed E-state index contributed by atoms with van der Waals surface area (Å²) in [5, 5.41) is 3.05. The van der Waals surface area contributed by atoms with Gasteiger partial charge in [-0.1, -0.05) is 32.0 Å². The van der Waals surface area contributed by atoms with Gasteiger partial charge in [0.05, 0.1) is 43.8 Å². The largest absolute Gasteiger partial charge is 0.495 e. The van der Waals surface area contributed by atoms with E-state index in [2.05, 4.69) is 15.3 Å². The fourth-order valence-electron chi connectivity index (χ4n) is 4.04. The fraction of sp³-hybridized carbons (Fsp3) is 0.417. The van der Waals surface area contributed by atoms with E-state index in [0.717, 1.165) is 11.0 Å². The van der Waals surface area contributed by atoms with Crippen LogP contribution in [-0.2, 0) is 26.0 Å². The topological polar surface area (TPSA) is 114 Å². The Bertz CT molecular complexity index is 1230. The zero-order valence-corrected chi connectivity index (χ0v) is 20.4. The zero-order valence-electron chi connectivity index (χ0n) is 19.6. The van der Waals surface area contributed by atoms with Crippen molar-refractivity contribution >= 4 is 27.0 Å². The highest BCUT2D eigenvalue weighted by molar-refractivity contribution is 7.89. The van der Waals surface area contributed by atoms with Crippen molar-refractivity contribution in [3.63, 3.8) is 0 Å². The number of nitrogens with one attached hydrogen (secondary N) is 2. The standard InChI is InChI=1S/C24H30N4O5S/c1-16(2)23(24-25-18-6-4-5-7-19(18)26-24)27-22(29)15-17-8-9-20(32-3)21(14-17)34(30,31)28-10-12-33-13-11-28/h4-9,14,16,23H,10-13,15H2,1-3H3,(H,25,26)(H,27,29)/t23-/m1/s1. The Labute approximate surface area is 199 Å². The molecule has 1 fully saturated rings. The predicted molar refractivity (Wildman–Crippen MR) is 128 cm³/mol. The van der Waals surface area contributed by atoms with Gasteiger partial charge in [-0.15, -0.1) is 0 Å². The molecule has 0 unspecified atom stereocenters. The van der Waals surface area contributed by atoms with Crippen LogP contribution in [0, 0.1) is 5.92 Å². The van der Waals surface area contributed by atoms with Crippen LogP contribution in [0.2, 0.25) is 0 Å². The molecule has 0 aliphatic carbocycles. The molecule has 0 bridgehead atoms. The number of fused-ring (bicyclic) bond motifs is 1. The number of carbonyl (C=O) groups is 1. The molecule has 10 heteroatoms. The van der Waals surface area contributed by atoms with Gasteiger partial charge in [-0.05, 0) is 35.7 Å². The average Bonchev–Trinajstić information content (AvgIpc) is 3.26.